The van der Waals surface area contributed by atoms with Crippen LogP contribution in [0.2, 0.25) is 0 Å². The lowest BCUT2D eigenvalue weighted by Gasteiger charge is -2.26. The predicted molar refractivity (Wildman–Crippen MR) is 76.4 cm³/mol. The Kier molecular flexibility index (Phi) is 4.56. The first-order valence-corrected chi connectivity index (χ1v) is 6.94. The highest BCUT2D eigenvalue weighted by molar-refractivity contribution is 5.93. The molecule has 4 heteroatoms. The first kappa shape index (κ1) is 14.0. The molecule has 0 heterocycles. The highest BCUT2D eigenvalue weighted by Crippen LogP contribution is 2.30. The number of nitrogens with zero attached hydrogens (tertiary/aromatic N) is 1. The Bertz CT molecular complexity index is 441. The van der Waals surface area contributed by atoms with Crippen molar-refractivity contribution in [3.05, 3.63) is 35.4 Å². The van der Waals surface area contributed by atoms with Crippen molar-refractivity contribution in [1.29, 1.82) is 0 Å². The van der Waals surface area contributed by atoms with Gasteiger partial charge in [0.1, 0.15) is 0 Å². The molecule has 19 heavy (non-hydrogen) atoms. The summed E-state index contributed by atoms with van der Waals surface area (Å²) in [5.41, 5.74) is 3.96. The SMILES string of the molecule is CC(C)N(Cc1cccc(C(=O)NN)c1)CC1CC1. The summed E-state index contributed by atoms with van der Waals surface area (Å²) in [5, 5.41) is 0. The molecule has 1 aromatic rings. The molecule has 0 atom stereocenters. The Labute approximate surface area is 114 Å². The van der Waals surface area contributed by atoms with Crippen LogP contribution in [0, 0.1) is 5.92 Å². The Hall–Kier alpha value is -1.39. The molecule has 0 spiro atoms. The second kappa shape index (κ2) is 6.17. The number of nitrogens with one attached hydrogen (secondary N) is 1. The van der Waals surface area contributed by atoms with Crippen LogP contribution >= 0.6 is 0 Å². The van der Waals surface area contributed by atoms with Gasteiger partial charge in [-0.15, -0.1) is 0 Å². The van der Waals surface area contributed by atoms with Crippen molar-refractivity contribution >= 4 is 5.91 Å². The largest absolute Gasteiger partial charge is 0.296 e. The minimum Gasteiger partial charge on any atom is -0.296 e. The normalized spacial score (nSPS) is 15.0. The number of nitrogens with two attached hydrogens (primary N) is 1. The number of hydrogen-bond acceptors (Lipinski definition) is 3. The molecule has 0 unspecified atom stereocenters. The number of nitrogen functional groups attached to an aromatic ring is 1. The minimum absolute atomic E-state index is 0.236. The Morgan fingerprint density at radius 3 is 2.79 bits per heavy atom. The van der Waals surface area contributed by atoms with Crippen molar-refractivity contribution in [2.24, 2.45) is 11.8 Å². The van der Waals surface area contributed by atoms with E-state index in [0.717, 1.165) is 24.6 Å². The van der Waals surface area contributed by atoms with Crippen LogP contribution in [0.4, 0.5) is 0 Å². The van der Waals surface area contributed by atoms with Gasteiger partial charge in [0.05, 0.1) is 0 Å². The highest BCUT2D eigenvalue weighted by Gasteiger charge is 2.25. The summed E-state index contributed by atoms with van der Waals surface area (Å²) in [5.74, 6) is 5.80. The quantitative estimate of drug-likeness (QED) is 0.467. The molecule has 1 aromatic carbocycles. The van der Waals surface area contributed by atoms with Crippen molar-refractivity contribution in [2.75, 3.05) is 6.54 Å². The molecule has 4 nitrogen and oxygen atoms in total. The third-order valence-corrected chi connectivity index (χ3v) is 3.63. The Balaban J connectivity index is 2.05. The molecule has 3 N–H and O–H groups in total. The summed E-state index contributed by atoms with van der Waals surface area (Å²) >= 11 is 0. The van der Waals surface area contributed by atoms with Gasteiger partial charge in [0, 0.05) is 24.7 Å². The van der Waals surface area contributed by atoms with Crippen LogP contribution in [0.1, 0.15) is 42.6 Å². The third kappa shape index (κ3) is 4.04. The Morgan fingerprint density at radius 2 is 2.21 bits per heavy atom. The van der Waals surface area contributed by atoms with Crippen molar-refractivity contribution in [2.45, 2.75) is 39.3 Å². The Morgan fingerprint density at radius 1 is 1.47 bits per heavy atom. The van der Waals surface area contributed by atoms with Crippen LogP contribution in [0.3, 0.4) is 0 Å². The summed E-state index contributed by atoms with van der Waals surface area (Å²) in [6.45, 7) is 6.49. The number of hydrazine groups is 1. The molecule has 1 aliphatic carbocycles. The van der Waals surface area contributed by atoms with E-state index in [0.29, 0.717) is 11.6 Å². The summed E-state index contributed by atoms with van der Waals surface area (Å²) in [4.78, 5) is 14.0. The highest BCUT2D eigenvalue weighted by atomic mass is 16.2. The second-order valence-corrected chi connectivity index (χ2v) is 5.64. The average Bonchev–Trinajstić information content (AvgIpc) is 3.21. The molecular weight excluding hydrogens is 238 g/mol. The van der Waals surface area contributed by atoms with E-state index >= 15 is 0 Å². The van der Waals surface area contributed by atoms with Crippen LogP contribution < -0.4 is 11.3 Å². The summed E-state index contributed by atoms with van der Waals surface area (Å²) in [6, 6.07) is 8.20. The zero-order valence-corrected chi connectivity index (χ0v) is 11.7. The van der Waals surface area contributed by atoms with Crippen molar-refractivity contribution in [1.82, 2.24) is 10.3 Å². The van der Waals surface area contributed by atoms with Gasteiger partial charge in [0.25, 0.3) is 5.91 Å². The van der Waals surface area contributed by atoms with Gasteiger partial charge in [0.2, 0.25) is 0 Å². The zero-order chi connectivity index (χ0) is 13.8. The number of hydrogen-bond donors (Lipinski definition) is 2. The van der Waals surface area contributed by atoms with E-state index in [1.807, 2.05) is 12.1 Å². The molecule has 0 bridgehead atoms. The lowest BCUT2D eigenvalue weighted by Crippen LogP contribution is -2.32. The number of rotatable bonds is 6. The maximum atomic E-state index is 11.5. The second-order valence-electron chi connectivity index (χ2n) is 5.64. The van der Waals surface area contributed by atoms with Crippen molar-refractivity contribution < 1.29 is 4.79 Å². The van der Waals surface area contributed by atoms with E-state index in [1.165, 1.54) is 12.8 Å². The fraction of sp³-hybridized carbons (Fsp3) is 0.533. The molecule has 0 aliphatic heterocycles. The van der Waals surface area contributed by atoms with Gasteiger partial charge in [-0.05, 0) is 50.3 Å². The lowest BCUT2D eigenvalue weighted by atomic mass is 10.1. The van der Waals surface area contributed by atoms with Crippen LogP contribution in [0.5, 0.6) is 0 Å². The fourth-order valence-electron chi connectivity index (χ4n) is 2.22. The molecule has 2 rings (SSSR count). The van der Waals surface area contributed by atoms with Crippen LogP contribution in [-0.4, -0.2) is 23.4 Å². The maximum absolute atomic E-state index is 11.5. The van der Waals surface area contributed by atoms with Crippen LogP contribution in [0.15, 0.2) is 24.3 Å². The molecule has 1 amide bonds. The molecule has 0 saturated heterocycles. The summed E-state index contributed by atoms with van der Waals surface area (Å²) in [7, 11) is 0. The molecule has 1 saturated carbocycles. The first-order valence-electron chi connectivity index (χ1n) is 6.94. The van der Waals surface area contributed by atoms with E-state index in [2.05, 4.69) is 30.2 Å². The van der Waals surface area contributed by atoms with Crippen LogP contribution in [-0.2, 0) is 6.54 Å². The smallest absolute Gasteiger partial charge is 0.265 e. The predicted octanol–water partition coefficient (Wildman–Crippen LogP) is 1.91. The number of carbonyl (C=O) groups is 1. The average molecular weight is 261 g/mol. The summed E-state index contributed by atoms with van der Waals surface area (Å²) in [6.07, 6.45) is 2.72. The van der Waals surface area contributed by atoms with Gasteiger partial charge in [-0.3, -0.25) is 15.1 Å². The van der Waals surface area contributed by atoms with Gasteiger partial charge >= 0.3 is 0 Å². The van der Waals surface area contributed by atoms with Gasteiger partial charge in [-0.2, -0.15) is 0 Å². The van der Waals surface area contributed by atoms with E-state index in [4.69, 9.17) is 5.84 Å². The molecule has 1 fully saturated rings. The maximum Gasteiger partial charge on any atom is 0.265 e. The van der Waals surface area contributed by atoms with Gasteiger partial charge in [-0.1, -0.05) is 12.1 Å². The van der Waals surface area contributed by atoms with Gasteiger partial charge < -0.3 is 0 Å². The molecule has 0 aromatic heterocycles. The lowest BCUT2D eigenvalue weighted by molar-refractivity contribution is 0.0953. The van der Waals surface area contributed by atoms with E-state index in [-0.39, 0.29) is 5.91 Å². The topological polar surface area (TPSA) is 58.4 Å². The molecular formula is C15H23N3O. The minimum atomic E-state index is -0.236. The number of amides is 1. The molecule has 0 radical (unpaired) electrons. The van der Waals surface area contributed by atoms with E-state index < -0.39 is 0 Å². The fourth-order valence-corrected chi connectivity index (χ4v) is 2.22. The zero-order valence-electron chi connectivity index (χ0n) is 11.7. The van der Waals surface area contributed by atoms with E-state index in [9.17, 15) is 4.79 Å². The van der Waals surface area contributed by atoms with E-state index in [1.54, 1.807) is 6.07 Å². The first-order chi connectivity index (χ1) is 9.10. The van der Waals surface area contributed by atoms with Gasteiger partial charge in [0.15, 0.2) is 0 Å². The number of benzene rings is 1. The van der Waals surface area contributed by atoms with Crippen molar-refractivity contribution in [3.8, 4) is 0 Å². The summed E-state index contributed by atoms with van der Waals surface area (Å²) < 4.78 is 0. The molecule has 104 valence electrons. The molecule has 1 aliphatic rings. The number of carbonyl (C=O) groups excluding carboxylic acids is 1. The van der Waals surface area contributed by atoms with Crippen LogP contribution in [0.25, 0.3) is 0 Å². The van der Waals surface area contributed by atoms with Gasteiger partial charge in [-0.25, -0.2) is 5.84 Å². The standard InChI is InChI=1S/C15H23N3O/c1-11(2)18(9-12-6-7-12)10-13-4-3-5-14(8-13)15(19)17-16/h3-5,8,11-12H,6-7,9-10,16H2,1-2H3,(H,17,19). The van der Waals surface area contributed by atoms with Crippen molar-refractivity contribution in [3.63, 3.8) is 0 Å². The third-order valence-electron chi connectivity index (χ3n) is 3.63. The monoisotopic (exact) mass is 261 g/mol.